The van der Waals surface area contributed by atoms with E-state index in [1.54, 1.807) is 25.2 Å². The lowest BCUT2D eigenvalue weighted by Crippen LogP contribution is -2.46. The van der Waals surface area contributed by atoms with Crippen molar-refractivity contribution >= 4 is 33.2 Å². The second kappa shape index (κ2) is 11.7. The van der Waals surface area contributed by atoms with Crippen LogP contribution in [0.2, 0.25) is 0 Å². The van der Waals surface area contributed by atoms with Crippen LogP contribution in [0.4, 0.5) is 19.1 Å². The predicted octanol–water partition coefficient (Wildman–Crippen LogP) is 3.02. The molecular formula is C26H36F3N7O4S2. The number of sulfonamides is 1. The summed E-state index contributed by atoms with van der Waals surface area (Å²) in [6.45, 7) is 7.69. The molecule has 1 amide bonds. The Hall–Kier alpha value is -2.79. The van der Waals surface area contributed by atoms with Gasteiger partial charge in [0.05, 0.1) is 32.7 Å². The lowest BCUT2D eigenvalue weighted by molar-refractivity contribution is -0.137. The van der Waals surface area contributed by atoms with Crippen LogP contribution in [0.3, 0.4) is 0 Å². The maximum Gasteiger partial charge on any atom is 0.420 e. The third-order valence-corrected chi connectivity index (χ3v) is 10.6. The molecule has 3 atom stereocenters. The number of piperidine rings is 1. The Labute approximate surface area is 247 Å². The monoisotopic (exact) mass is 631 g/mol. The molecule has 16 heteroatoms. The van der Waals surface area contributed by atoms with E-state index in [9.17, 15) is 31.5 Å². The van der Waals surface area contributed by atoms with Gasteiger partial charge in [-0.25, -0.2) is 23.8 Å². The third kappa shape index (κ3) is 7.05. The minimum atomic E-state index is -4.76. The van der Waals surface area contributed by atoms with Gasteiger partial charge in [0.2, 0.25) is 21.9 Å². The van der Waals surface area contributed by atoms with Crippen LogP contribution in [0.15, 0.2) is 23.4 Å². The van der Waals surface area contributed by atoms with Crippen molar-refractivity contribution in [3.63, 3.8) is 0 Å². The highest BCUT2D eigenvalue weighted by Gasteiger charge is 2.39. The molecule has 42 heavy (non-hydrogen) atoms. The van der Waals surface area contributed by atoms with E-state index in [0.717, 1.165) is 11.3 Å². The zero-order chi connectivity index (χ0) is 31.2. The van der Waals surface area contributed by atoms with E-state index in [2.05, 4.69) is 20.7 Å². The van der Waals surface area contributed by atoms with Gasteiger partial charge < -0.3 is 21.2 Å². The molecule has 0 spiro atoms. The molecule has 4 heterocycles. The number of anilines is 1. The molecule has 0 aromatic carbocycles. The average Bonchev–Trinajstić information content (AvgIpc) is 3.43. The molecule has 0 saturated carbocycles. The zero-order valence-electron chi connectivity index (χ0n) is 24.0. The number of hydrogen-bond acceptors (Lipinski definition) is 10. The quantitative estimate of drug-likeness (QED) is 0.327. The molecule has 0 radical (unpaired) electrons. The number of hydrazine groups is 1. The normalized spacial score (nSPS) is 22.4. The van der Waals surface area contributed by atoms with E-state index in [4.69, 9.17) is 5.73 Å². The molecule has 232 valence electrons. The Morgan fingerprint density at radius 2 is 2.00 bits per heavy atom. The number of hydrogen-bond donors (Lipinski definition) is 4. The first-order valence-corrected chi connectivity index (χ1v) is 15.7. The molecule has 2 aromatic heterocycles. The number of rotatable bonds is 9. The highest BCUT2D eigenvalue weighted by atomic mass is 32.2. The van der Waals surface area contributed by atoms with Gasteiger partial charge in [0, 0.05) is 50.4 Å². The average molecular weight is 632 g/mol. The number of alkyl halides is 3. The molecule has 0 bridgehead atoms. The fourth-order valence-corrected chi connectivity index (χ4v) is 8.44. The van der Waals surface area contributed by atoms with Crippen LogP contribution >= 0.6 is 11.3 Å². The first-order chi connectivity index (χ1) is 19.4. The Morgan fingerprint density at radius 3 is 2.55 bits per heavy atom. The van der Waals surface area contributed by atoms with Crippen molar-refractivity contribution < 1.29 is 31.5 Å². The summed E-state index contributed by atoms with van der Waals surface area (Å²) in [5.41, 5.74) is 5.84. The molecule has 2 aromatic rings. The molecule has 4 rings (SSSR count). The molecule has 11 nitrogen and oxygen atoms in total. The topological polar surface area (TPSA) is 154 Å². The highest BCUT2D eigenvalue weighted by molar-refractivity contribution is 7.93. The van der Waals surface area contributed by atoms with E-state index in [1.165, 1.54) is 24.2 Å². The smallest absolute Gasteiger partial charge is 0.390 e. The molecule has 5 N–H and O–H groups in total. The lowest BCUT2D eigenvalue weighted by atomic mass is 9.88. The van der Waals surface area contributed by atoms with Gasteiger partial charge in [0.1, 0.15) is 5.56 Å². The van der Waals surface area contributed by atoms with Crippen LogP contribution in [0.25, 0.3) is 10.6 Å². The summed E-state index contributed by atoms with van der Waals surface area (Å²) < 4.78 is 69.7. The number of thiophene rings is 1. The number of halogens is 3. The van der Waals surface area contributed by atoms with E-state index < -0.39 is 39.0 Å². The molecule has 2 aliphatic rings. The van der Waals surface area contributed by atoms with Crippen LogP contribution < -0.4 is 16.5 Å². The van der Waals surface area contributed by atoms with E-state index in [1.807, 2.05) is 6.92 Å². The standard InChI is InChI=1S/C26H36F3N7O4S2/c1-14-12-36(42(39,40)21-13-35(5)34-15(21)2)7-6-16(14)10-31-24-32-11-18(26(27,28)29)22(33-24)19-8-17(23(30)37)20(41-19)9-25(3,4)38/h8,11,13-16,34,38H,6-7,9-10,12H2,1-5H3,(H2,30,37)(H,31,32,33)/t14-,15?,16-/m1/s1. The summed E-state index contributed by atoms with van der Waals surface area (Å²) in [5, 5.41) is 14.9. The zero-order valence-corrected chi connectivity index (χ0v) is 25.6. The van der Waals surface area contributed by atoms with E-state index >= 15 is 0 Å². The van der Waals surface area contributed by atoms with Crippen molar-refractivity contribution in [2.45, 2.75) is 58.4 Å². The Bertz CT molecular complexity index is 1470. The number of nitrogens with one attached hydrogen (secondary N) is 2. The largest absolute Gasteiger partial charge is 0.420 e. The number of amides is 1. The van der Waals surface area contributed by atoms with Gasteiger partial charge in [-0.2, -0.15) is 17.5 Å². The fourth-order valence-electron chi connectivity index (χ4n) is 5.19. The first-order valence-electron chi connectivity index (χ1n) is 13.4. The minimum Gasteiger partial charge on any atom is -0.390 e. The Morgan fingerprint density at radius 1 is 1.31 bits per heavy atom. The van der Waals surface area contributed by atoms with Crippen molar-refractivity contribution in [3.8, 4) is 10.6 Å². The maximum absolute atomic E-state index is 13.9. The van der Waals surface area contributed by atoms with Crippen LogP contribution in [0.5, 0.6) is 0 Å². The number of aliphatic hydroxyl groups is 1. The van der Waals surface area contributed by atoms with E-state index in [-0.39, 0.29) is 40.7 Å². The molecule has 1 saturated heterocycles. The van der Waals surface area contributed by atoms with Gasteiger partial charge in [-0.05, 0) is 45.1 Å². The number of carbonyl (C=O) groups excluding carboxylic acids is 1. The third-order valence-electron chi connectivity index (χ3n) is 7.35. The summed E-state index contributed by atoms with van der Waals surface area (Å²) in [4.78, 5) is 20.8. The Balaban J connectivity index is 1.53. The number of nitrogens with two attached hydrogens (primary N) is 1. The fraction of sp³-hybridized carbons (Fsp3) is 0.577. The van der Waals surface area contributed by atoms with Crippen LogP contribution in [0, 0.1) is 11.8 Å². The first kappa shape index (κ1) is 32.1. The van der Waals surface area contributed by atoms with Gasteiger partial charge in [0.15, 0.2) is 0 Å². The van der Waals surface area contributed by atoms with Crippen molar-refractivity contribution in [3.05, 3.63) is 39.4 Å². The van der Waals surface area contributed by atoms with Crippen molar-refractivity contribution in [1.82, 2.24) is 24.7 Å². The van der Waals surface area contributed by atoms with Crippen LogP contribution in [-0.4, -0.2) is 77.0 Å². The second-order valence-corrected chi connectivity index (χ2v) is 14.6. The van der Waals surface area contributed by atoms with Crippen LogP contribution in [-0.2, 0) is 22.6 Å². The lowest BCUT2D eigenvalue weighted by Gasteiger charge is -2.36. The SMILES string of the molecule is CC1NN(C)C=C1S(=O)(=O)N1CC[C@H](CNc2ncc(C(F)(F)F)c(-c3cc(C(N)=O)c(CC(C)(C)O)s3)n2)[C@H](C)C1. The molecule has 2 aliphatic heterocycles. The minimum absolute atomic E-state index is 0.0168. The summed E-state index contributed by atoms with van der Waals surface area (Å²) in [6.07, 6.45) is -1.93. The number of nitrogens with zero attached hydrogens (tertiary/aromatic N) is 4. The number of primary amides is 1. The molecule has 0 aliphatic carbocycles. The van der Waals surface area contributed by atoms with E-state index in [0.29, 0.717) is 42.0 Å². The summed E-state index contributed by atoms with van der Waals surface area (Å²) in [7, 11) is -1.92. The highest BCUT2D eigenvalue weighted by Crippen LogP contribution is 2.40. The summed E-state index contributed by atoms with van der Waals surface area (Å²) in [6, 6.07) is 0.927. The van der Waals surface area contributed by atoms with Gasteiger partial charge in [-0.1, -0.05) is 6.92 Å². The molecule has 1 fully saturated rings. The summed E-state index contributed by atoms with van der Waals surface area (Å²) in [5.74, 6) is -0.875. The van der Waals surface area contributed by atoms with Crippen LogP contribution in [0.1, 0.15) is 54.9 Å². The number of aromatic nitrogens is 2. The molecule has 1 unspecified atom stereocenters. The van der Waals surface area contributed by atoms with Crippen molar-refractivity contribution in [1.29, 1.82) is 0 Å². The van der Waals surface area contributed by atoms with Gasteiger partial charge in [0.25, 0.3) is 0 Å². The Kier molecular flexibility index (Phi) is 8.96. The molecular weight excluding hydrogens is 595 g/mol. The van der Waals surface area contributed by atoms with Gasteiger partial charge in [-0.15, -0.1) is 11.3 Å². The summed E-state index contributed by atoms with van der Waals surface area (Å²) >= 11 is 0.913. The predicted molar refractivity (Wildman–Crippen MR) is 154 cm³/mol. The number of carbonyl (C=O) groups is 1. The van der Waals surface area contributed by atoms with Gasteiger partial charge >= 0.3 is 6.18 Å². The van der Waals surface area contributed by atoms with Gasteiger partial charge in [-0.3, -0.25) is 4.79 Å². The second-order valence-electron chi connectivity index (χ2n) is 11.5. The van der Waals surface area contributed by atoms with Crippen molar-refractivity contribution in [2.75, 3.05) is 32.0 Å². The van der Waals surface area contributed by atoms with Crippen molar-refractivity contribution in [2.24, 2.45) is 17.6 Å². The maximum atomic E-state index is 13.9.